The van der Waals surface area contributed by atoms with E-state index in [1.807, 2.05) is 19.0 Å². The smallest absolute Gasteiger partial charge is 0.407 e. The molecule has 1 heterocycles. The molecule has 0 spiro atoms. The normalized spacial score (nSPS) is 25.4. The summed E-state index contributed by atoms with van der Waals surface area (Å²) in [7, 11) is 3.78. The van der Waals surface area contributed by atoms with Crippen molar-refractivity contribution in [2.45, 2.75) is 18.5 Å². The molecule has 1 rings (SSSR count). The first-order valence-electron chi connectivity index (χ1n) is 4.73. The number of rotatable bonds is 3. The summed E-state index contributed by atoms with van der Waals surface area (Å²) in [5.74, 6) is 0. The van der Waals surface area contributed by atoms with Crippen LogP contribution in [-0.4, -0.2) is 60.3 Å². The summed E-state index contributed by atoms with van der Waals surface area (Å²) in [6.45, 7) is 0.960. The Hall–Kier alpha value is -1.46. The van der Waals surface area contributed by atoms with E-state index in [1.54, 1.807) is 0 Å². The highest BCUT2D eigenvalue weighted by molar-refractivity contribution is 5.66. The Morgan fingerprint density at radius 2 is 2.40 bits per heavy atom. The number of azide groups is 1. The minimum Gasteiger partial charge on any atom is -0.465 e. The minimum atomic E-state index is -0.947. The lowest BCUT2D eigenvalue weighted by molar-refractivity contribution is 0.132. The van der Waals surface area contributed by atoms with Crippen molar-refractivity contribution >= 4 is 6.09 Å². The van der Waals surface area contributed by atoms with E-state index in [2.05, 4.69) is 10.0 Å². The Morgan fingerprint density at radius 3 is 2.87 bits per heavy atom. The van der Waals surface area contributed by atoms with Gasteiger partial charge in [-0.2, -0.15) is 0 Å². The molecule has 0 bridgehead atoms. The van der Waals surface area contributed by atoms with E-state index < -0.39 is 6.09 Å². The molecule has 0 aromatic carbocycles. The van der Waals surface area contributed by atoms with Gasteiger partial charge in [-0.1, -0.05) is 5.11 Å². The second kappa shape index (κ2) is 4.86. The Bertz CT molecular complexity index is 287. The second-order valence-electron chi connectivity index (χ2n) is 3.95. The second-order valence-corrected chi connectivity index (χ2v) is 3.95. The Labute approximate surface area is 87.9 Å². The topological polar surface area (TPSA) is 92.5 Å². The average molecular weight is 213 g/mol. The third kappa shape index (κ3) is 3.00. The molecule has 2 atom stereocenters. The summed E-state index contributed by atoms with van der Waals surface area (Å²) in [6, 6.07) is -0.302. The molecule has 7 heteroatoms. The van der Waals surface area contributed by atoms with E-state index in [-0.39, 0.29) is 12.1 Å². The van der Waals surface area contributed by atoms with Crippen molar-refractivity contribution in [1.29, 1.82) is 0 Å². The molecular formula is C8H15N5O2. The first-order chi connectivity index (χ1) is 7.04. The van der Waals surface area contributed by atoms with E-state index in [1.165, 1.54) is 4.90 Å². The van der Waals surface area contributed by atoms with Crippen LogP contribution in [-0.2, 0) is 0 Å². The van der Waals surface area contributed by atoms with E-state index in [0.717, 1.165) is 0 Å². The average Bonchev–Trinajstić information content (AvgIpc) is 2.47. The fraction of sp³-hybridized carbons (Fsp3) is 0.875. The van der Waals surface area contributed by atoms with Gasteiger partial charge in [0.05, 0.1) is 6.04 Å². The molecule has 84 valence electrons. The van der Waals surface area contributed by atoms with Crippen LogP contribution < -0.4 is 0 Å². The van der Waals surface area contributed by atoms with Crippen molar-refractivity contribution in [2.24, 2.45) is 5.11 Å². The van der Waals surface area contributed by atoms with Gasteiger partial charge in [0.1, 0.15) is 0 Å². The molecule has 0 aliphatic carbocycles. The van der Waals surface area contributed by atoms with Crippen LogP contribution in [0.2, 0.25) is 0 Å². The first kappa shape index (κ1) is 11.6. The molecule has 1 saturated heterocycles. The maximum absolute atomic E-state index is 10.9. The monoisotopic (exact) mass is 213 g/mol. The summed E-state index contributed by atoms with van der Waals surface area (Å²) in [6.07, 6.45) is -0.341. The van der Waals surface area contributed by atoms with Crippen molar-refractivity contribution in [3.05, 3.63) is 10.4 Å². The molecule has 15 heavy (non-hydrogen) atoms. The van der Waals surface area contributed by atoms with Gasteiger partial charge in [0.2, 0.25) is 0 Å². The largest absolute Gasteiger partial charge is 0.465 e. The summed E-state index contributed by atoms with van der Waals surface area (Å²) in [5, 5.41) is 12.5. The zero-order chi connectivity index (χ0) is 11.4. The summed E-state index contributed by atoms with van der Waals surface area (Å²) in [5.41, 5.74) is 8.30. The van der Waals surface area contributed by atoms with Crippen LogP contribution in [0.1, 0.15) is 6.42 Å². The molecule has 0 aromatic heterocycles. The molecule has 1 fully saturated rings. The van der Waals surface area contributed by atoms with Gasteiger partial charge < -0.3 is 14.9 Å². The van der Waals surface area contributed by atoms with Gasteiger partial charge in [-0.05, 0) is 26.0 Å². The lowest BCUT2D eigenvalue weighted by Crippen LogP contribution is -2.40. The first-order valence-corrected chi connectivity index (χ1v) is 4.73. The van der Waals surface area contributed by atoms with Gasteiger partial charge in [0, 0.05) is 24.0 Å². The number of hydrogen-bond donors (Lipinski definition) is 1. The number of likely N-dealkylation sites (tertiary alicyclic amines) is 1. The molecule has 1 N–H and O–H groups in total. The minimum absolute atomic E-state index is 0.0759. The number of carbonyl (C=O) groups is 1. The van der Waals surface area contributed by atoms with Gasteiger partial charge in [0.15, 0.2) is 0 Å². The highest BCUT2D eigenvalue weighted by Crippen LogP contribution is 2.21. The number of amides is 1. The molecule has 0 saturated carbocycles. The lowest BCUT2D eigenvalue weighted by Gasteiger charge is -2.24. The molecule has 7 nitrogen and oxygen atoms in total. The fourth-order valence-electron chi connectivity index (χ4n) is 1.88. The van der Waals surface area contributed by atoms with Gasteiger partial charge in [-0.25, -0.2) is 4.79 Å². The third-order valence-corrected chi connectivity index (χ3v) is 2.43. The van der Waals surface area contributed by atoms with Crippen molar-refractivity contribution in [3.8, 4) is 0 Å². The van der Waals surface area contributed by atoms with Gasteiger partial charge >= 0.3 is 6.09 Å². The van der Waals surface area contributed by atoms with E-state index in [4.69, 9.17) is 10.6 Å². The Balaban J connectivity index is 2.67. The third-order valence-electron chi connectivity index (χ3n) is 2.43. The van der Waals surface area contributed by atoms with E-state index in [0.29, 0.717) is 19.5 Å². The van der Waals surface area contributed by atoms with Crippen LogP contribution in [0.4, 0.5) is 4.79 Å². The van der Waals surface area contributed by atoms with Crippen LogP contribution in [0.15, 0.2) is 5.11 Å². The van der Waals surface area contributed by atoms with Crippen LogP contribution in [0.5, 0.6) is 0 Å². The quantitative estimate of drug-likeness (QED) is 0.430. The van der Waals surface area contributed by atoms with Crippen molar-refractivity contribution in [3.63, 3.8) is 0 Å². The number of hydrogen-bond acceptors (Lipinski definition) is 3. The standard InChI is InChI=1S/C8H15N5O2/c1-12(2)5-7-3-6(10-11-9)4-13(7)8(14)15/h6-7H,3-5H2,1-2H3,(H,14,15)/t6-,7+/m1/s1. The predicted octanol–water partition coefficient (Wildman–Crippen LogP) is 0.979. The van der Waals surface area contributed by atoms with E-state index in [9.17, 15) is 4.79 Å². The van der Waals surface area contributed by atoms with Crippen LogP contribution in [0.25, 0.3) is 10.4 Å². The SMILES string of the molecule is CN(C)C[C@@H]1C[C@@H](N=[N+]=[N-])CN1C(=O)O. The van der Waals surface area contributed by atoms with Crippen molar-refractivity contribution in [1.82, 2.24) is 9.80 Å². The Morgan fingerprint density at radius 1 is 1.73 bits per heavy atom. The number of nitrogens with zero attached hydrogens (tertiary/aromatic N) is 5. The predicted molar refractivity (Wildman–Crippen MR) is 54.6 cm³/mol. The van der Waals surface area contributed by atoms with Gasteiger partial charge in [-0.3, -0.25) is 0 Å². The van der Waals surface area contributed by atoms with Crippen LogP contribution >= 0.6 is 0 Å². The molecule has 1 aliphatic rings. The highest BCUT2D eigenvalue weighted by atomic mass is 16.4. The maximum atomic E-state index is 10.9. The molecule has 0 aromatic rings. The lowest BCUT2D eigenvalue weighted by atomic mass is 10.2. The fourth-order valence-corrected chi connectivity index (χ4v) is 1.88. The molecule has 1 amide bonds. The number of likely N-dealkylation sites (N-methyl/N-ethyl adjacent to an activating group) is 1. The van der Waals surface area contributed by atoms with Crippen molar-refractivity contribution < 1.29 is 9.90 Å². The summed E-state index contributed by atoms with van der Waals surface area (Å²) < 4.78 is 0. The summed E-state index contributed by atoms with van der Waals surface area (Å²) >= 11 is 0. The molecule has 0 unspecified atom stereocenters. The molecule has 0 radical (unpaired) electrons. The zero-order valence-corrected chi connectivity index (χ0v) is 8.87. The molecule has 1 aliphatic heterocycles. The van der Waals surface area contributed by atoms with Gasteiger partial charge in [-0.15, -0.1) is 0 Å². The van der Waals surface area contributed by atoms with Crippen LogP contribution in [0, 0.1) is 0 Å². The van der Waals surface area contributed by atoms with Gasteiger partial charge in [0.25, 0.3) is 0 Å². The summed E-state index contributed by atoms with van der Waals surface area (Å²) in [4.78, 5) is 16.9. The zero-order valence-electron chi connectivity index (χ0n) is 8.87. The maximum Gasteiger partial charge on any atom is 0.407 e. The highest BCUT2D eigenvalue weighted by Gasteiger charge is 2.34. The van der Waals surface area contributed by atoms with Crippen molar-refractivity contribution in [2.75, 3.05) is 27.2 Å². The van der Waals surface area contributed by atoms with Crippen LogP contribution in [0.3, 0.4) is 0 Å². The Kier molecular flexibility index (Phi) is 3.76. The number of carboxylic acid groups (broad SMARTS) is 1. The van der Waals surface area contributed by atoms with E-state index >= 15 is 0 Å². The molecular weight excluding hydrogens is 198 g/mol.